The molecule has 0 unspecified atom stereocenters. The Balaban J connectivity index is 2.17. The normalized spacial score (nSPS) is 11.7. The lowest BCUT2D eigenvalue weighted by Crippen LogP contribution is -2.32. The van der Waals surface area contributed by atoms with Crippen LogP contribution in [-0.2, 0) is 0 Å². The second kappa shape index (κ2) is 6.74. The average molecular weight is 286 g/mol. The van der Waals surface area contributed by atoms with E-state index in [4.69, 9.17) is 4.42 Å². The van der Waals surface area contributed by atoms with Gasteiger partial charge in [-0.1, -0.05) is 19.1 Å². The molecule has 1 aromatic carbocycles. The second-order valence-electron chi connectivity index (χ2n) is 4.76. The van der Waals surface area contributed by atoms with Crippen LogP contribution in [0.25, 0.3) is 0 Å². The molecule has 110 valence electrons. The molecule has 0 saturated heterocycles. The SMILES string of the molecule is CC[C@@H](C)NC(=O)c1ccccc1NC(=O)c1ccco1. The minimum atomic E-state index is -0.385. The van der Waals surface area contributed by atoms with Gasteiger partial charge in [-0.3, -0.25) is 9.59 Å². The van der Waals surface area contributed by atoms with Crippen LogP contribution < -0.4 is 10.6 Å². The zero-order valence-corrected chi connectivity index (χ0v) is 12.1. The molecule has 0 radical (unpaired) electrons. The third-order valence-corrected chi connectivity index (χ3v) is 3.15. The summed E-state index contributed by atoms with van der Waals surface area (Å²) in [6, 6.07) is 10.2. The van der Waals surface area contributed by atoms with E-state index in [1.807, 2.05) is 13.8 Å². The van der Waals surface area contributed by atoms with Gasteiger partial charge in [0.1, 0.15) is 0 Å². The summed E-state index contributed by atoms with van der Waals surface area (Å²) >= 11 is 0. The Kier molecular flexibility index (Phi) is 4.77. The van der Waals surface area contributed by atoms with Crippen LogP contribution in [0.1, 0.15) is 41.2 Å². The van der Waals surface area contributed by atoms with E-state index < -0.39 is 0 Å². The van der Waals surface area contributed by atoms with Gasteiger partial charge >= 0.3 is 0 Å². The molecule has 0 spiro atoms. The molecule has 1 aromatic heterocycles. The van der Waals surface area contributed by atoms with E-state index in [9.17, 15) is 9.59 Å². The quantitative estimate of drug-likeness (QED) is 0.887. The zero-order valence-electron chi connectivity index (χ0n) is 12.1. The smallest absolute Gasteiger partial charge is 0.291 e. The van der Waals surface area contributed by atoms with Crippen LogP contribution in [-0.4, -0.2) is 17.9 Å². The van der Waals surface area contributed by atoms with Gasteiger partial charge in [0.15, 0.2) is 5.76 Å². The Morgan fingerprint density at radius 3 is 2.57 bits per heavy atom. The number of anilines is 1. The van der Waals surface area contributed by atoms with E-state index in [1.54, 1.807) is 36.4 Å². The molecular weight excluding hydrogens is 268 g/mol. The van der Waals surface area contributed by atoms with Crippen LogP contribution in [0.4, 0.5) is 5.69 Å². The molecule has 0 saturated carbocycles. The maximum atomic E-state index is 12.2. The fourth-order valence-electron chi connectivity index (χ4n) is 1.79. The minimum Gasteiger partial charge on any atom is -0.459 e. The van der Waals surface area contributed by atoms with E-state index in [1.165, 1.54) is 6.26 Å². The summed E-state index contributed by atoms with van der Waals surface area (Å²) < 4.78 is 5.04. The van der Waals surface area contributed by atoms with Crippen LogP contribution in [0.5, 0.6) is 0 Å². The first-order valence-electron chi connectivity index (χ1n) is 6.86. The Morgan fingerprint density at radius 2 is 1.90 bits per heavy atom. The van der Waals surface area contributed by atoms with Crippen LogP contribution in [0.3, 0.4) is 0 Å². The standard InChI is InChI=1S/C16H18N2O3/c1-3-11(2)17-15(19)12-7-4-5-8-13(12)18-16(20)14-9-6-10-21-14/h4-11H,3H2,1-2H3,(H,17,19)(H,18,20)/t11-/m1/s1. The maximum Gasteiger partial charge on any atom is 0.291 e. The number of benzene rings is 1. The number of furan rings is 1. The van der Waals surface area contributed by atoms with Gasteiger partial charge in [0.05, 0.1) is 17.5 Å². The van der Waals surface area contributed by atoms with E-state index in [-0.39, 0.29) is 23.6 Å². The van der Waals surface area contributed by atoms with Crippen molar-refractivity contribution in [2.75, 3.05) is 5.32 Å². The summed E-state index contributed by atoms with van der Waals surface area (Å²) in [6.45, 7) is 3.93. The molecule has 0 aliphatic heterocycles. The number of carbonyl (C=O) groups excluding carboxylic acids is 2. The van der Waals surface area contributed by atoms with Crippen molar-refractivity contribution in [3.8, 4) is 0 Å². The Hall–Kier alpha value is -2.56. The highest BCUT2D eigenvalue weighted by atomic mass is 16.3. The predicted molar refractivity (Wildman–Crippen MR) is 80.3 cm³/mol. The summed E-state index contributed by atoms with van der Waals surface area (Å²) in [5.41, 5.74) is 0.886. The first kappa shape index (κ1) is 14.8. The van der Waals surface area contributed by atoms with Crippen molar-refractivity contribution in [1.29, 1.82) is 0 Å². The van der Waals surface area contributed by atoms with E-state index >= 15 is 0 Å². The van der Waals surface area contributed by atoms with Crippen LogP contribution in [0.15, 0.2) is 47.1 Å². The number of carbonyl (C=O) groups is 2. The molecule has 21 heavy (non-hydrogen) atoms. The van der Waals surface area contributed by atoms with Gasteiger partial charge in [-0.2, -0.15) is 0 Å². The van der Waals surface area contributed by atoms with Crippen molar-refractivity contribution in [2.45, 2.75) is 26.3 Å². The van der Waals surface area contributed by atoms with E-state index in [0.717, 1.165) is 6.42 Å². The lowest BCUT2D eigenvalue weighted by Gasteiger charge is -2.14. The number of hydrogen-bond donors (Lipinski definition) is 2. The molecule has 2 amide bonds. The molecule has 5 heteroatoms. The van der Waals surface area contributed by atoms with Crippen molar-refractivity contribution >= 4 is 17.5 Å². The number of para-hydroxylation sites is 1. The fraction of sp³-hybridized carbons (Fsp3) is 0.250. The number of rotatable bonds is 5. The zero-order chi connectivity index (χ0) is 15.2. The first-order chi connectivity index (χ1) is 10.1. The highest BCUT2D eigenvalue weighted by molar-refractivity contribution is 6.07. The molecule has 0 fully saturated rings. The van der Waals surface area contributed by atoms with Gasteiger partial charge in [0.25, 0.3) is 11.8 Å². The molecule has 2 N–H and O–H groups in total. The van der Waals surface area contributed by atoms with Crippen molar-refractivity contribution in [2.24, 2.45) is 0 Å². The third kappa shape index (κ3) is 3.72. The summed E-state index contributed by atoms with van der Waals surface area (Å²) in [5.74, 6) is -0.393. The lowest BCUT2D eigenvalue weighted by atomic mass is 10.1. The van der Waals surface area contributed by atoms with Gasteiger partial charge in [-0.25, -0.2) is 0 Å². The Morgan fingerprint density at radius 1 is 1.14 bits per heavy atom. The maximum absolute atomic E-state index is 12.2. The number of nitrogens with one attached hydrogen (secondary N) is 2. The number of hydrogen-bond acceptors (Lipinski definition) is 3. The largest absolute Gasteiger partial charge is 0.459 e. The molecular formula is C16H18N2O3. The van der Waals surface area contributed by atoms with E-state index in [2.05, 4.69) is 10.6 Å². The monoisotopic (exact) mass is 286 g/mol. The molecule has 2 aromatic rings. The van der Waals surface area contributed by atoms with Crippen LogP contribution in [0.2, 0.25) is 0 Å². The summed E-state index contributed by atoms with van der Waals surface area (Å²) in [6.07, 6.45) is 2.27. The van der Waals surface area contributed by atoms with Gasteiger partial charge < -0.3 is 15.1 Å². The van der Waals surface area contributed by atoms with Crippen molar-refractivity contribution < 1.29 is 14.0 Å². The first-order valence-corrected chi connectivity index (χ1v) is 6.86. The molecule has 0 aliphatic rings. The molecule has 0 bridgehead atoms. The molecule has 5 nitrogen and oxygen atoms in total. The molecule has 1 heterocycles. The second-order valence-corrected chi connectivity index (χ2v) is 4.76. The van der Waals surface area contributed by atoms with Gasteiger partial charge in [-0.05, 0) is 37.6 Å². The number of amides is 2. The lowest BCUT2D eigenvalue weighted by molar-refractivity contribution is 0.0940. The highest BCUT2D eigenvalue weighted by Gasteiger charge is 2.16. The predicted octanol–water partition coefficient (Wildman–Crippen LogP) is 3.06. The van der Waals surface area contributed by atoms with Crippen molar-refractivity contribution in [1.82, 2.24) is 5.32 Å². The van der Waals surface area contributed by atoms with Crippen molar-refractivity contribution in [3.05, 3.63) is 54.0 Å². The molecule has 0 aliphatic carbocycles. The third-order valence-electron chi connectivity index (χ3n) is 3.15. The summed E-state index contributed by atoms with van der Waals surface area (Å²) in [7, 11) is 0. The van der Waals surface area contributed by atoms with Crippen LogP contribution in [0, 0.1) is 0 Å². The molecule has 2 rings (SSSR count). The van der Waals surface area contributed by atoms with Gasteiger partial charge in [0.2, 0.25) is 0 Å². The summed E-state index contributed by atoms with van der Waals surface area (Å²) in [4.78, 5) is 24.2. The topological polar surface area (TPSA) is 71.3 Å². The molecule has 1 atom stereocenters. The minimum absolute atomic E-state index is 0.0753. The van der Waals surface area contributed by atoms with Gasteiger partial charge in [-0.15, -0.1) is 0 Å². The highest BCUT2D eigenvalue weighted by Crippen LogP contribution is 2.16. The Bertz CT molecular complexity index is 620. The average Bonchev–Trinajstić information content (AvgIpc) is 3.01. The summed E-state index contributed by atoms with van der Waals surface area (Å²) in [5, 5.41) is 5.57. The van der Waals surface area contributed by atoms with E-state index in [0.29, 0.717) is 11.3 Å². The van der Waals surface area contributed by atoms with Gasteiger partial charge in [0, 0.05) is 6.04 Å². The Labute approximate surface area is 123 Å². The fourth-order valence-corrected chi connectivity index (χ4v) is 1.79. The van der Waals surface area contributed by atoms with Crippen molar-refractivity contribution in [3.63, 3.8) is 0 Å². The van der Waals surface area contributed by atoms with Crippen LogP contribution >= 0.6 is 0 Å².